The minimum atomic E-state index is -0.785. The van der Waals surface area contributed by atoms with Crippen LogP contribution in [0.4, 0.5) is 0 Å². The number of aliphatic hydroxyl groups is 2. The van der Waals surface area contributed by atoms with Gasteiger partial charge in [0.25, 0.3) is 0 Å². The predicted molar refractivity (Wildman–Crippen MR) is 273 cm³/mol. The Bertz CT molecular complexity index is 955. The van der Waals surface area contributed by atoms with Gasteiger partial charge in [-0.3, -0.25) is 9.59 Å². The molecule has 6 nitrogen and oxygen atoms in total. The number of amides is 1. The molecular weight excluding hydrogens is 779 g/mol. The van der Waals surface area contributed by atoms with Crippen LogP contribution in [0.1, 0.15) is 316 Å². The minimum absolute atomic E-state index is 0.0793. The Balaban J connectivity index is 4.48. The molecule has 0 aliphatic rings. The average Bonchev–Trinajstić information content (AvgIpc) is 3.28. The molecule has 374 valence electrons. The van der Waals surface area contributed by atoms with Crippen LogP contribution in [0.2, 0.25) is 0 Å². The number of carbonyl (C=O) groups excluding carboxylic acids is 2. The van der Waals surface area contributed by atoms with E-state index >= 15 is 0 Å². The van der Waals surface area contributed by atoms with Gasteiger partial charge in [0.1, 0.15) is 6.10 Å². The molecule has 0 aromatic heterocycles. The summed E-state index contributed by atoms with van der Waals surface area (Å²) in [5.74, 6) is -0.461. The van der Waals surface area contributed by atoms with Gasteiger partial charge in [-0.15, -0.1) is 0 Å². The second-order valence-corrected chi connectivity index (χ2v) is 19.7. The van der Waals surface area contributed by atoms with Crippen LogP contribution in [0.3, 0.4) is 0 Å². The monoisotopic (exact) mass is 890 g/mol. The number of rotatable bonds is 52. The summed E-state index contributed by atoms with van der Waals surface area (Å²) in [4.78, 5) is 26.2. The van der Waals surface area contributed by atoms with Crippen molar-refractivity contribution in [2.24, 2.45) is 0 Å². The molecule has 3 unspecified atom stereocenters. The SMILES string of the molecule is CCCCCCCC/C=C/CCCCCCCC(CC(=O)NC(CO)C(O)CCCCCCCCCCCCCCCCCCC)OC(=O)CCCCCCCCCCCCCC. The van der Waals surface area contributed by atoms with Crippen LogP contribution < -0.4 is 5.32 Å². The summed E-state index contributed by atoms with van der Waals surface area (Å²) in [6.07, 6.45) is 58.5. The van der Waals surface area contributed by atoms with E-state index in [0.717, 1.165) is 57.8 Å². The molecule has 0 saturated carbocycles. The minimum Gasteiger partial charge on any atom is -0.462 e. The van der Waals surface area contributed by atoms with E-state index < -0.39 is 18.2 Å². The van der Waals surface area contributed by atoms with Crippen molar-refractivity contribution in [2.75, 3.05) is 6.61 Å². The topological polar surface area (TPSA) is 95.9 Å². The second-order valence-electron chi connectivity index (χ2n) is 19.7. The summed E-state index contributed by atoms with van der Waals surface area (Å²) < 4.78 is 5.95. The first-order chi connectivity index (χ1) is 31.0. The van der Waals surface area contributed by atoms with E-state index in [-0.39, 0.29) is 24.9 Å². The van der Waals surface area contributed by atoms with E-state index in [1.54, 1.807) is 0 Å². The number of aliphatic hydroxyl groups excluding tert-OH is 2. The number of carbonyl (C=O) groups is 2. The number of esters is 1. The second kappa shape index (κ2) is 51.6. The summed E-state index contributed by atoms with van der Waals surface area (Å²) in [6.45, 7) is 6.51. The summed E-state index contributed by atoms with van der Waals surface area (Å²) in [6, 6.07) is -0.698. The zero-order chi connectivity index (χ0) is 45.9. The molecule has 0 saturated heterocycles. The van der Waals surface area contributed by atoms with Crippen molar-refractivity contribution < 1.29 is 24.5 Å². The Kier molecular flexibility index (Phi) is 50.4. The van der Waals surface area contributed by atoms with Crippen LogP contribution in [0, 0.1) is 0 Å². The van der Waals surface area contributed by atoms with Gasteiger partial charge in [0.15, 0.2) is 0 Å². The molecule has 0 fully saturated rings. The Morgan fingerprint density at radius 2 is 0.762 bits per heavy atom. The maximum absolute atomic E-state index is 13.2. The third-order valence-electron chi connectivity index (χ3n) is 13.3. The van der Waals surface area contributed by atoms with Gasteiger partial charge in [-0.05, 0) is 51.4 Å². The molecular formula is C57H111NO5. The van der Waals surface area contributed by atoms with Crippen LogP contribution in [0.5, 0.6) is 0 Å². The highest BCUT2D eigenvalue weighted by atomic mass is 16.5. The molecule has 0 heterocycles. The van der Waals surface area contributed by atoms with Crippen LogP contribution >= 0.6 is 0 Å². The van der Waals surface area contributed by atoms with E-state index in [1.807, 2.05) is 0 Å². The fourth-order valence-electron chi connectivity index (χ4n) is 9.02. The number of ether oxygens (including phenoxy) is 1. The number of allylic oxidation sites excluding steroid dienone is 2. The third-order valence-corrected chi connectivity index (χ3v) is 13.3. The van der Waals surface area contributed by atoms with E-state index in [0.29, 0.717) is 19.3 Å². The molecule has 0 radical (unpaired) electrons. The Morgan fingerprint density at radius 3 is 1.13 bits per heavy atom. The third kappa shape index (κ3) is 46.9. The van der Waals surface area contributed by atoms with Gasteiger partial charge in [-0.1, -0.05) is 264 Å². The maximum atomic E-state index is 13.2. The van der Waals surface area contributed by atoms with Gasteiger partial charge >= 0.3 is 5.97 Å². The van der Waals surface area contributed by atoms with Crippen LogP contribution in [-0.2, 0) is 14.3 Å². The molecule has 0 spiro atoms. The van der Waals surface area contributed by atoms with Crippen LogP contribution in [0.15, 0.2) is 12.2 Å². The molecule has 6 heteroatoms. The van der Waals surface area contributed by atoms with Crippen molar-refractivity contribution in [2.45, 2.75) is 334 Å². The quantitative estimate of drug-likeness (QED) is 0.0321. The summed E-state index contributed by atoms with van der Waals surface area (Å²) in [7, 11) is 0. The van der Waals surface area contributed by atoms with Crippen molar-refractivity contribution >= 4 is 11.9 Å². The smallest absolute Gasteiger partial charge is 0.306 e. The van der Waals surface area contributed by atoms with E-state index in [4.69, 9.17) is 4.74 Å². The zero-order valence-corrected chi connectivity index (χ0v) is 42.7. The van der Waals surface area contributed by atoms with Crippen molar-refractivity contribution in [3.8, 4) is 0 Å². The fourth-order valence-corrected chi connectivity index (χ4v) is 9.02. The normalized spacial score (nSPS) is 13.2. The molecule has 0 aliphatic carbocycles. The van der Waals surface area contributed by atoms with E-state index in [9.17, 15) is 19.8 Å². The highest BCUT2D eigenvalue weighted by molar-refractivity contribution is 5.77. The van der Waals surface area contributed by atoms with Gasteiger partial charge in [-0.2, -0.15) is 0 Å². The zero-order valence-electron chi connectivity index (χ0n) is 42.7. The predicted octanol–water partition coefficient (Wildman–Crippen LogP) is 17.3. The van der Waals surface area contributed by atoms with E-state index in [1.165, 1.54) is 212 Å². The summed E-state index contributed by atoms with van der Waals surface area (Å²) >= 11 is 0. The Morgan fingerprint density at radius 1 is 0.444 bits per heavy atom. The van der Waals surface area contributed by atoms with Gasteiger partial charge in [-0.25, -0.2) is 0 Å². The Labute approximate surface area is 393 Å². The largest absolute Gasteiger partial charge is 0.462 e. The van der Waals surface area contributed by atoms with Gasteiger partial charge < -0.3 is 20.3 Å². The molecule has 0 bridgehead atoms. The lowest BCUT2D eigenvalue weighted by molar-refractivity contribution is -0.151. The maximum Gasteiger partial charge on any atom is 0.306 e. The number of unbranched alkanes of at least 4 members (excludes halogenated alkanes) is 38. The molecule has 0 aliphatic heterocycles. The number of hydrogen-bond acceptors (Lipinski definition) is 5. The first kappa shape index (κ1) is 61.6. The van der Waals surface area contributed by atoms with Crippen molar-refractivity contribution in [1.29, 1.82) is 0 Å². The van der Waals surface area contributed by atoms with Gasteiger partial charge in [0.2, 0.25) is 5.91 Å². The van der Waals surface area contributed by atoms with Crippen LogP contribution in [-0.4, -0.2) is 46.9 Å². The molecule has 63 heavy (non-hydrogen) atoms. The summed E-state index contributed by atoms with van der Waals surface area (Å²) in [5, 5.41) is 23.9. The first-order valence-electron chi connectivity index (χ1n) is 28.4. The molecule has 3 atom stereocenters. The van der Waals surface area contributed by atoms with Crippen molar-refractivity contribution in [3.63, 3.8) is 0 Å². The lowest BCUT2D eigenvalue weighted by Gasteiger charge is -2.24. The summed E-state index contributed by atoms with van der Waals surface area (Å²) in [5.41, 5.74) is 0. The molecule has 0 aromatic rings. The molecule has 3 N–H and O–H groups in total. The first-order valence-corrected chi connectivity index (χ1v) is 28.4. The van der Waals surface area contributed by atoms with Gasteiger partial charge in [0.05, 0.1) is 25.2 Å². The standard InChI is InChI=1S/C57H111NO5/c1-4-7-10-13-16-19-22-25-27-28-30-32-34-37-40-43-46-49-55(60)54(52-59)58-56(61)51-53(48-45-42-39-36-33-31-29-26-23-20-17-14-11-8-5-2)63-57(62)50-47-44-41-38-35-24-21-18-15-12-9-6-3/h26,29,53-55,59-60H,4-25,27-28,30-52H2,1-3H3,(H,58,61)/b29-26+. The fraction of sp³-hybridized carbons (Fsp3) is 0.930. The highest BCUT2D eigenvalue weighted by Gasteiger charge is 2.24. The van der Waals surface area contributed by atoms with E-state index in [2.05, 4.69) is 38.2 Å². The van der Waals surface area contributed by atoms with Crippen molar-refractivity contribution in [1.82, 2.24) is 5.32 Å². The molecule has 0 aromatic carbocycles. The van der Waals surface area contributed by atoms with Crippen molar-refractivity contribution in [3.05, 3.63) is 12.2 Å². The molecule has 1 amide bonds. The van der Waals surface area contributed by atoms with Crippen LogP contribution in [0.25, 0.3) is 0 Å². The highest BCUT2D eigenvalue weighted by Crippen LogP contribution is 2.19. The Hall–Kier alpha value is -1.40. The number of hydrogen-bond donors (Lipinski definition) is 3. The average molecular weight is 891 g/mol. The lowest BCUT2D eigenvalue weighted by atomic mass is 10.0. The van der Waals surface area contributed by atoms with Gasteiger partial charge in [0, 0.05) is 6.42 Å². The molecule has 0 rings (SSSR count). The lowest BCUT2D eigenvalue weighted by Crippen LogP contribution is -2.46. The number of nitrogens with one attached hydrogen (secondary N) is 1.